The summed E-state index contributed by atoms with van der Waals surface area (Å²) < 4.78 is 0. The van der Waals surface area contributed by atoms with Crippen LogP contribution in [0.2, 0.25) is 0 Å². The van der Waals surface area contributed by atoms with Gasteiger partial charge in [-0.2, -0.15) is 0 Å². The Kier molecular flexibility index (Phi) is 45.3. The van der Waals surface area contributed by atoms with Gasteiger partial charge in [-0.05, 0) is 32.1 Å². The molecule has 4 nitrogen and oxygen atoms in total. The van der Waals surface area contributed by atoms with Crippen LogP contribution in [0.3, 0.4) is 0 Å². The van der Waals surface area contributed by atoms with Crippen molar-refractivity contribution in [3.8, 4) is 0 Å². The van der Waals surface area contributed by atoms with Crippen LogP contribution in [0.1, 0.15) is 271 Å². The van der Waals surface area contributed by atoms with E-state index in [1.165, 1.54) is 218 Å². The Morgan fingerprint density at radius 2 is 0.722 bits per heavy atom. The number of carbonyl (C=O) groups is 1. The zero-order chi connectivity index (χ0) is 39.3. The molecular formula is C50H97NO3. The normalized spacial score (nSPS) is 13.0. The first-order valence-electron chi connectivity index (χ1n) is 24.6. The molecule has 0 rings (SSSR count). The average Bonchev–Trinajstić information content (AvgIpc) is 3.18. The second kappa shape index (κ2) is 46.3. The van der Waals surface area contributed by atoms with E-state index in [-0.39, 0.29) is 12.5 Å². The molecule has 0 heterocycles. The fourth-order valence-corrected chi connectivity index (χ4v) is 7.67. The molecule has 0 saturated heterocycles. The maximum atomic E-state index is 12.4. The van der Waals surface area contributed by atoms with Crippen LogP contribution in [0.15, 0.2) is 24.3 Å². The minimum absolute atomic E-state index is 0.0690. The highest BCUT2D eigenvalue weighted by Gasteiger charge is 2.17. The maximum absolute atomic E-state index is 12.4. The lowest BCUT2D eigenvalue weighted by Gasteiger charge is -2.19. The monoisotopic (exact) mass is 760 g/mol. The van der Waals surface area contributed by atoms with Crippen LogP contribution in [0.4, 0.5) is 0 Å². The summed E-state index contributed by atoms with van der Waals surface area (Å²) in [4.78, 5) is 12.4. The first kappa shape index (κ1) is 52.9. The predicted molar refractivity (Wildman–Crippen MR) is 239 cm³/mol. The van der Waals surface area contributed by atoms with Crippen molar-refractivity contribution >= 4 is 5.91 Å². The lowest BCUT2D eigenvalue weighted by atomic mass is 10.0. The number of amides is 1. The maximum Gasteiger partial charge on any atom is 0.220 e. The van der Waals surface area contributed by atoms with Gasteiger partial charge in [0.15, 0.2) is 0 Å². The number of carbonyl (C=O) groups excluding carboxylic acids is 1. The van der Waals surface area contributed by atoms with Gasteiger partial charge < -0.3 is 15.5 Å². The molecule has 0 aliphatic rings. The van der Waals surface area contributed by atoms with Crippen LogP contribution < -0.4 is 5.32 Å². The van der Waals surface area contributed by atoms with E-state index in [9.17, 15) is 15.0 Å². The van der Waals surface area contributed by atoms with Crippen molar-refractivity contribution in [3.05, 3.63) is 24.3 Å². The molecule has 4 heteroatoms. The Balaban J connectivity index is 3.48. The van der Waals surface area contributed by atoms with Crippen LogP contribution in [0.25, 0.3) is 0 Å². The zero-order valence-corrected chi connectivity index (χ0v) is 36.8. The molecule has 320 valence electrons. The smallest absolute Gasteiger partial charge is 0.220 e. The number of hydrogen-bond donors (Lipinski definition) is 3. The second-order valence-electron chi connectivity index (χ2n) is 16.9. The minimum atomic E-state index is -0.858. The quantitative estimate of drug-likeness (QED) is 0.0428. The van der Waals surface area contributed by atoms with Crippen LogP contribution in [0, 0.1) is 0 Å². The lowest BCUT2D eigenvalue weighted by molar-refractivity contribution is -0.123. The highest BCUT2D eigenvalue weighted by Crippen LogP contribution is 2.17. The molecule has 0 fully saturated rings. The molecule has 2 atom stereocenters. The number of aliphatic hydroxyl groups is 2. The molecule has 0 aromatic heterocycles. The highest BCUT2D eigenvalue weighted by atomic mass is 16.3. The van der Waals surface area contributed by atoms with Gasteiger partial charge >= 0.3 is 0 Å². The summed E-state index contributed by atoms with van der Waals surface area (Å²) >= 11 is 0. The van der Waals surface area contributed by atoms with Crippen LogP contribution >= 0.6 is 0 Å². The first-order valence-corrected chi connectivity index (χ1v) is 24.6. The van der Waals surface area contributed by atoms with Crippen molar-refractivity contribution in [3.63, 3.8) is 0 Å². The SMILES string of the molecule is CCCCCCCCCCC/C=C/CC/C=C/C(O)C(CO)NC(=O)CCCCCCCCCCCCCCCCCCCCCCCCCCCCC. The summed E-state index contributed by atoms with van der Waals surface area (Å²) in [6, 6.07) is -0.634. The van der Waals surface area contributed by atoms with Gasteiger partial charge in [0.1, 0.15) is 0 Å². The molecule has 2 unspecified atom stereocenters. The Bertz CT molecular complexity index is 780. The van der Waals surface area contributed by atoms with E-state index in [1.807, 2.05) is 6.08 Å². The molecule has 0 radical (unpaired) electrons. The Morgan fingerprint density at radius 3 is 1.07 bits per heavy atom. The third-order valence-electron chi connectivity index (χ3n) is 11.4. The Hall–Kier alpha value is -1.13. The molecule has 0 saturated carbocycles. The zero-order valence-electron chi connectivity index (χ0n) is 36.8. The van der Waals surface area contributed by atoms with Crippen molar-refractivity contribution in [1.29, 1.82) is 0 Å². The van der Waals surface area contributed by atoms with Gasteiger partial charge in [0, 0.05) is 6.42 Å². The number of rotatable bonds is 45. The number of nitrogens with one attached hydrogen (secondary N) is 1. The van der Waals surface area contributed by atoms with Crippen LogP contribution in [0.5, 0.6) is 0 Å². The summed E-state index contributed by atoms with van der Waals surface area (Å²) in [6.07, 6.45) is 60.3. The first-order chi connectivity index (χ1) is 26.7. The van der Waals surface area contributed by atoms with Crippen molar-refractivity contribution in [1.82, 2.24) is 5.32 Å². The third-order valence-corrected chi connectivity index (χ3v) is 11.4. The van der Waals surface area contributed by atoms with E-state index in [1.54, 1.807) is 6.08 Å². The second-order valence-corrected chi connectivity index (χ2v) is 16.9. The molecule has 0 aliphatic heterocycles. The van der Waals surface area contributed by atoms with E-state index in [0.29, 0.717) is 6.42 Å². The number of unbranched alkanes of at least 4 members (excludes halogenated alkanes) is 36. The predicted octanol–water partition coefficient (Wildman–Crippen LogP) is 15.6. The summed E-state index contributed by atoms with van der Waals surface area (Å²) in [5.74, 6) is -0.0690. The summed E-state index contributed by atoms with van der Waals surface area (Å²) in [5, 5.41) is 23.0. The molecule has 0 aromatic rings. The van der Waals surface area contributed by atoms with E-state index < -0.39 is 12.1 Å². The molecule has 54 heavy (non-hydrogen) atoms. The van der Waals surface area contributed by atoms with Gasteiger partial charge in [-0.15, -0.1) is 0 Å². The largest absolute Gasteiger partial charge is 0.394 e. The molecule has 3 N–H and O–H groups in total. The van der Waals surface area contributed by atoms with E-state index in [0.717, 1.165) is 32.1 Å². The molecular weight excluding hydrogens is 663 g/mol. The third kappa shape index (κ3) is 42.0. The van der Waals surface area contributed by atoms with Gasteiger partial charge in [-0.1, -0.05) is 256 Å². The van der Waals surface area contributed by atoms with Crippen LogP contribution in [-0.4, -0.2) is 34.9 Å². The van der Waals surface area contributed by atoms with Crippen molar-refractivity contribution in [2.24, 2.45) is 0 Å². The summed E-state index contributed by atoms with van der Waals surface area (Å²) in [5.41, 5.74) is 0. The van der Waals surface area contributed by atoms with Crippen LogP contribution in [-0.2, 0) is 4.79 Å². The number of hydrogen-bond acceptors (Lipinski definition) is 3. The molecule has 0 aliphatic carbocycles. The number of allylic oxidation sites excluding steroid dienone is 3. The summed E-state index contributed by atoms with van der Waals surface area (Å²) in [7, 11) is 0. The van der Waals surface area contributed by atoms with E-state index in [2.05, 4.69) is 31.3 Å². The summed E-state index contributed by atoms with van der Waals surface area (Å²) in [6.45, 7) is 4.31. The van der Waals surface area contributed by atoms with Gasteiger partial charge in [0.25, 0.3) is 0 Å². The molecule has 1 amide bonds. The fraction of sp³-hybridized carbons (Fsp3) is 0.900. The lowest BCUT2D eigenvalue weighted by Crippen LogP contribution is -2.45. The highest BCUT2D eigenvalue weighted by molar-refractivity contribution is 5.76. The Morgan fingerprint density at radius 1 is 0.426 bits per heavy atom. The van der Waals surface area contributed by atoms with Gasteiger partial charge in [0.05, 0.1) is 18.8 Å². The van der Waals surface area contributed by atoms with Gasteiger partial charge in [-0.3, -0.25) is 4.79 Å². The topological polar surface area (TPSA) is 69.6 Å². The van der Waals surface area contributed by atoms with Gasteiger partial charge in [-0.25, -0.2) is 0 Å². The van der Waals surface area contributed by atoms with E-state index >= 15 is 0 Å². The minimum Gasteiger partial charge on any atom is -0.394 e. The Labute approximate surface area is 339 Å². The molecule has 0 aromatic carbocycles. The van der Waals surface area contributed by atoms with Gasteiger partial charge in [0.2, 0.25) is 5.91 Å². The standard InChI is InChI=1S/C50H97NO3/c1-3-5-7-9-11-13-15-17-19-20-21-22-23-24-25-26-27-28-29-30-32-34-36-38-40-42-44-46-50(54)51-48(47-52)49(53)45-43-41-39-37-35-33-31-18-16-14-12-10-8-6-4-2/h35,37,43,45,48-49,52-53H,3-34,36,38-42,44,46-47H2,1-2H3,(H,51,54)/b37-35+,45-43+. The van der Waals surface area contributed by atoms with Crippen molar-refractivity contribution < 1.29 is 15.0 Å². The number of aliphatic hydroxyl groups excluding tert-OH is 2. The molecule has 0 spiro atoms. The molecule has 0 bridgehead atoms. The fourth-order valence-electron chi connectivity index (χ4n) is 7.67. The van der Waals surface area contributed by atoms with Crippen molar-refractivity contribution in [2.75, 3.05) is 6.61 Å². The van der Waals surface area contributed by atoms with Crippen molar-refractivity contribution in [2.45, 2.75) is 283 Å². The average molecular weight is 760 g/mol. The van der Waals surface area contributed by atoms with E-state index in [4.69, 9.17) is 0 Å².